The van der Waals surface area contributed by atoms with Crippen LogP contribution in [-0.2, 0) is 11.2 Å². The molecule has 2 aromatic rings. The summed E-state index contributed by atoms with van der Waals surface area (Å²) in [6.07, 6.45) is 1.92. The minimum absolute atomic E-state index is 0.0390. The first-order valence-electron chi connectivity index (χ1n) is 7.76. The minimum Gasteiger partial charge on any atom is -0.388 e. The summed E-state index contributed by atoms with van der Waals surface area (Å²) in [6, 6.07) is 7.99. The number of nitrogens with zero attached hydrogens (tertiary/aromatic N) is 1. The monoisotopic (exact) mass is 320 g/mol. The van der Waals surface area contributed by atoms with E-state index in [1.165, 1.54) is 0 Å². The van der Waals surface area contributed by atoms with Crippen LogP contribution in [0.15, 0.2) is 24.3 Å². The van der Waals surface area contributed by atoms with Crippen LogP contribution in [0.1, 0.15) is 38.6 Å². The van der Waals surface area contributed by atoms with Gasteiger partial charge in [-0.15, -0.1) is 11.3 Å². The number of hydrogen-bond acceptors (Lipinski definition) is 4. The summed E-state index contributed by atoms with van der Waals surface area (Å²) in [5, 5.41) is 14.1. The minimum atomic E-state index is -0.861. The molecule has 120 valence electrons. The highest BCUT2D eigenvalue weighted by atomic mass is 32.1. The summed E-state index contributed by atoms with van der Waals surface area (Å²) in [6.45, 7) is 6.09. The van der Waals surface area contributed by atoms with Crippen LogP contribution in [0.2, 0.25) is 0 Å². The maximum atomic E-state index is 11.9. The molecule has 1 heterocycles. The Labute approximate surface area is 135 Å². The van der Waals surface area contributed by atoms with Crippen molar-refractivity contribution in [3.05, 3.63) is 29.3 Å². The molecule has 2 rings (SSSR count). The lowest BCUT2D eigenvalue weighted by atomic mass is 9.88. The van der Waals surface area contributed by atoms with Gasteiger partial charge in [-0.1, -0.05) is 32.4 Å². The number of fused-ring (bicyclic) bond motifs is 1. The van der Waals surface area contributed by atoms with Crippen molar-refractivity contribution in [2.24, 2.45) is 5.92 Å². The van der Waals surface area contributed by atoms with E-state index in [2.05, 4.69) is 10.3 Å². The van der Waals surface area contributed by atoms with Crippen molar-refractivity contribution in [1.82, 2.24) is 10.3 Å². The average Bonchev–Trinajstić information content (AvgIpc) is 2.93. The average molecular weight is 320 g/mol. The number of hydrogen-bond donors (Lipinski definition) is 2. The first-order valence-corrected chi connectivity index (χ1v) is 8.57. The second-order valence-electron chi connectivity index (χ2n) is 6.02. The molecule has 1 amide bonds. The predicted octanol–water partition coefficient (Wildman–Crippen LogP) is 3.14. The first kappa shape index (κ1) is 16.9. The van der Waals surface area contributed by atoms with Crippen LogP contribution < -0.4 is 5.32 Å². The van der Waals surface area contributed by atoms with Gasteiger partial charge in [0.1, 0.15) is 0 Å². The fraction of sp³-hybridized carbons (Fsp3) is 0.529. The molecular formula is C17H24N2O2S. The fourth-order valence-electron chi connectivity index (χ4n) is 2.23. The van der Waals surface area contributed by atoms with E-state index in [-0.39, 0.29) is 11.8 Å². The number of carbonyl (C=O) groups excluding carboxylic acids is 1. The zero-order valence-corrected chi connectivity index (χ0v) is 14.2. The van der Waals surface area contributed by atoms with E-state index in [1.807, 2.05) is 38.1 Å². The van der Waals surface area contributed by atoms with Gasteiger partial charge in [0.05, 0.1) is 20.8 Å². The SMILES string of the molecule is CCC(C)C(C)(O)CNC(=O)CCc1nc2ccccc2s1. The topological polar surface area (TPSA) is 62.2 Å². The molecule has 0 fully saturated rings. The lowest BCUT2D eigenvalue weighted by Gasteiger charge is -2.29. The van der Waals surface area contributed by atoms with Gasteiger partial charge in [0.15, 0.2) is 0 Å². The number of para-hydroxylation sites is 1. The molecule has 22 heavy (non-hydrogen) atoms. The van der Waals surface area contributed by atoms with Gasteiger partial charge in [-0.3, -0.25) is 4.79 Å². The second-order valence-corrected chi connectivity index (χ2v) is 7.13. The van der Waals surface area contributed by atoms with Crippen LogP contribution in [0, 0.1) is 5.92 Å². The quantitative estimate of drug-likeness (QED) is 0.824. The van der Waals surface area contributed by atoms with E-state index >= 15 is 0 Å². The Morgan fingerprint density at radius 1 is 1.45 bits per heavy atom. The van der Waals surface area contributed by atoms with Gasteiger partial charge in [-0.2, -0.15) is 0 Å². The Morgan fingerprint density at radius 3 is 2.86 bits per heavy atom. The molecule has 2 N–H and O–H groups in total. The lowest BCUT2D eigenvalue weighted by Crippen LogP contribution is -2.45. The first-order chi connectivity index (χ1) is 10.4. The molecule has 2 atom stereocenters. The smallest absolute Gasteiger partial charge is 0.220 e. The molecule has 0 spiro atoms. The van der Waals surface area contributed by atoms with E-state index < -0.39 is 5.60 Å². The Kier molecular flexibility index (Phi) is 5.53. The number of carbonyl (C=O) groups is 1. The third-order valence-corrected chi connectivity index (χ3v) is 5.32. The largest absolute Gasteiger partial charge is 0.388 e. The fourth-order valence-corrected chi connectivity index (χ4v) is 3.19. The third kappa shape index (κ3) is 4.27. The highest BCUT2D eigenvalue weighted by Crippen LogP contribution is 2.22. The molecule has 0 aliphatic heterocycles. The van der Waals surface area contributed by atoms with Crippen LogP contribution in [0.4, 0.5) is 0 Å². The number of benzene rings is 1. The zero-order chi connectivity index (χ0) is 16.2. The van der Waals surface area contributed by atoms with Crippen LogP contribution in [0.3, 0.4) is 0 Å². The van der Waals surface area contributed by atoms with Gasteiger partial charge >= 0.3 is 0 Å². The molecule has 1 aromatic heterocycles. The maximum absolute atomic E-state index is 11.9. The van der Waals surface area contributed by atoms with E-state index in [9.17, 15) is 9.90 Å². The molecular weight excluding hydrogens is 296 g/mol. The van der Waals surface area contributed by atoms with E-state index in [0.717, 1.165) is 21.6 Å². The van der Waals surface area contributed by atoms with Crippen molar-refractivity contribution in [2.75, 3.05) is 6.54 Å². The molecule has 5 heteroatoms. The molecule has 0 aliphatic rings. The maximum Gasteiger partial charge on any atom is 0.220 e. The number of nitrogens with one attached hydrogen (secondary N) is 1. The van der Waals surface area contributed by atoms with Crippen molar-refractivity contribution in [3.8, 4) is 0 Å². The molecule has 2 unspecified atom stereocenters. The second kappa shape index (κ2) is 7.20. The van der Waals surface area contributed by atoms with Crippen LogP contribution in [0.5, 0.6) is 0 Å². The Hall–Kier alpha value is -1.46. The number of thiazole rings is 1. The predicted molar refractivity (Wildman–Crippen MR) is 91.0 cm³/mol. The van der Waals surface area contributed by atoms with Gasteiger partial charge in [0, 0.05) is 19.4 Å². The van der Waals surface area contributed by atoms with Gasteiger partial charge < -0.3 is 10.4 Å². The molecule has 0 bridgehead atoms. The van der Waals surface area contributed by atoms with Gasteiger partial charge in [-0.25, -0.2) is 4.98 Å². The summed E-state index contributed by atoms with van der Waals surface area (Å²) in [5.74, 6) is 0.111. The summed E-state index contributed by atoms with van der Waals surface area (Å²) in [7, 11) is 0. The molecule has 0 radical (unpaired) electrons. The van der Waals surface area contributed by atoms with Gasteiger partial charge in [0.25, 0.3) is 0 Å². The Bertz CT molecular complexity index is 603. The van der Waals surface area contributed by atoms with Gasteiger partial charge in [-0.05, 0) is 25.0 Å². The van der Waals surface area contributed by atoms with E-state index in [4.69, 9.17) is 0 Å². The zero-order valence-electron chi connectivity index (χ0n) is 13.4. The van der Waals surface area contributed by atoms with Crippen LogP contribution in [0.25, 0.3) is 10.2 Å². The summed E-state index contributed by atoms with van der Waals surface area (Å²) >= 11 is 1.63. The van der Waals surface area contributed by atoms with Crippen molar-refractivity contribution in [2.45, 2.75) is 45.6 Å². The van der Waals surface area contributed by atoms with E-state index in [1.54, 1.807) is 18.3 Å². The number of amides is 1. The molecule has 1 aromatic carbocycles. The molecule has 0 saturated heterocycles. The Morgan fingerprint density at radius 2 is 2.18 bits per heavy atom. The third-order valence-electron chi connectivity index (χ3n) is 4.22. The number of aliphatic hydroxyl groups is 1. The van der Waals surface area contributed by atoms with Crippen molar-refractivity contribution in [1.29, 1.82) is 0 Å². The highest BCUT2D eigenvalue weighted by molar-refractivity contribution is 7.18. The molecule has 0 saturated carbocycles. The number of rotatable bonds is 7. The highest BCUT2D eigenvalue weighted by Gasteiger charge is 2.27. The summed E-state index contributed by atoms with van der Waals surface area (Å²) in [5.41, 5.74) is 0.128. The number of aromatic nitrogens is 1. The van der Waals surface area contributed by atoms with Gasteiger partial charge in [0.2, 0.25) is 5.91 Å². The molecule has 4 nitrogen and oxygen atoms in total. The van der Waals surface area contributed by atoms with Crippen molar-refractivity contribution >= 4 is 27.5 Å². The summed E-state index contributed by atoms with van der Waals surface area (Å²) in [4.78, 5) is 16.5. The number of aryl methyl sites for hydroxylation is 1. The summed E-state index contributed by atoms with van der Waals surface area (Å²) < 4.78 is 1.15. The van der Waals surface area contributed by atoms with Crippen molar-refractivity contribution in [3.63, 3.8) is 0 Å². The molecule has 0 aliphatic carbocycles. The van der Waals surface area contributed by atoms with Crippen LogP contribution >= 0.6 is 11.3 Å². The van der Waals surface area contributed by atoms with Crippen molar-refractivity contribution < 1.29 is 9.90 Å². The standard InChI is InChI=1S/C17H24N2O2S/c1-4-12(2)17(3,21)11-18-15(20)9-10-16-19-13-7-5-6-8-14(13)22-16/h5-8,12,21H,4,9-11H2,1-3H3,(H,18,20). The van der Waals surface area contributed by atoms with Crippen LogP contribution in [-0.4, -0.2) is 28.1 Å². The normalized spacial score (nSPS) is 15.5. The van der Waals surface area contributed by atoms with E-state index in [0.29, 0.717) is 19.4 Å². The Balaban J connectivity index is 1.82. The lowest BCUT2D eigenvalue weighted by molar-refractivity contribution is -0.122.